The molecule has 0 saturated heterocycles. The fourth-order valence-electron chi connectivity index (χ4n) is 1.73. The summed E-state index contributed by atoms with van der Waals surface area (Å²) in [6.07, 6.45) is 0.104. The number of nitrogens with two attached hydrogens (primary N) is 1. The minimum atomic E-state index is -0.385. The molecule has 7 heteroatoms. The molecule has 0 radical (unpaired) electrons. The number of benzene rings is 1. The molecule has 0 heterocycles. The summed E-state index contributed by atoms with van der Waals surface area (Å²) in [7, 11) is 2.84. The molecule has 0 aromatic heterocycles. The number of carbonyl (C=O) groups excluding carboxylic acids is 2. The van der Waals surface area contributed by atoms with E-state index < -0.39 is 0 Å². The quantitative estimate of drug-likeness (QED) is 0.610. The lowest BCUT2D eigenvalue weighted by molar-refractivity contribution is -0.140. The van der Waals surface area contributed by atoms with E-state index in [-0.39, 0.29) is 24.8 Å². The van der Waals surface area contributed by atoms with E-state index in [0.717, 1.165) is 0 Å². The Labute approximate surface area is 128 Å². The van der Waals surface area contributed by atoms with Crippen LogP contribution in [-0.2, 0) is 14.3 Å². The van der Waals surface area contributed by atoms with Crippen molar-refractivity contribution in [3.8, 4) is 0 Å². The molecule has 0 saturated carbocycles. The maximum Gasteiger partial charge on any atom is 0.307 e. The van der Waals surface area contributed by atoms with Crippen molar-refractivity contribution < 1.29 is 19.1 Å². The van der Waals surface area contributed by atoms with E-state index in [1.807, 2.05) is 0 Å². The second kappa shape index (κ2) is 8.49. The molecule has 0 bridgehead atoms. The maximum atomic E-state index is 12.5. The van der Waals surface area contributed by atoms with Gasteiger partial charge in [0.1, 0.15) is 0 Å². The predicted molar refractivity (Wildman–Crippen MR) is 80.3 cm³/mol. The van der Waals surface area contributed by atoms with E-state index in [9.17, 15) is 9.59 Å². The molecule has 0 aliphatic heterocycles. The zero-order valence-electron chi connectivity index (χ0n) is 12.1. The molecule has 21 heavy (non-hydrogen) atoms. The molecule has 1 amide bonds. The highest BCUT2D eigenvalue weighted by Gasteiger charge is 2.19. The van der Waals surface area contributed by atoms with Crippen LogP contribution >= 0.6 is 11.6 Å². The third kappa shape index (κ3) is 5.24. The second-order valence-electron chi connectivity index (χ2n) is 4.34. The number of nitrogen functional groups attached to an aromatic ring is 1. The number of amides is 1. The number of esters is 1. The van der Waals surface area contributed by atoms with Gasteiger partial charge in [0, 0.05) is 30.9 Å². The summed E-state index contributed by atoms with van der Waals surface area (Å²) in [5, 5.41) is 0.423. The van der Waals surface area contributed by atoms with Gasteiger partial charge in [-0.15, -0.1) is 0 Å². The first-order chi connectivity index (χ1) is 9.99. The number of nitrogens with zero attached hydrogens (tertiary/aromatic N) is 1. The van der Waals surface area contributed by atoms with Gasteiger partial charge in [-0.2, -0.15) is 0 Å². The van der Waals surface area contributed by atoms with E-state index in [2.05, 4.69) is 4.74 Å². The number of ether oxygens (including phenoxy) is 2. The largest absolute Gasteiger partial charge is 0.469 e. The van der Waals surface area contributed by atoms with Gasteiger partial charge >= 0.3 is 5.97 Å². The predicted octanol–water partition coefficient (Wildman–Crippen LogP) is 1.57. The third-order valence-corrected chi connectivity index (χ3v) is 3.15. The summed E-state index contributed by atoms with van der Waals surface area (Å²) in [6.45, 7) is 0.923. The van der Waals surface area contributed by atoms with Crippen LogP contribution in [0, 0.1) is 0 Å². The number of hydrogen-bond donors (Lipinski definition) is 1. The molecule has 2 N–H and O–H groups in total. The molecule has 1 rings (SSSR count). The topological polar surface area (TPSA) is 81.9 Å². The van der Waals surface area contributed by atoms with Gasteiger partial charge in [-0.25, -0.2) is 0 Å². The molecule has 0 unspecified atom stereocenters. The highest BCUT2D eigenvalue weighted by molar-refractivity contribution is 6.31. The zero-order chi connectivity index (χ0) is 15.8. The van der Waals surface area contributed by atoms with Gasteiger partial charge in [0.05, 0.1) is 25.7 Å². The van der Waals surface area contributed by atoms with Gasteiger partial charge in [-0.05, 0) is 18.2 Å². The van der Waals surface area contributed by atoms with Crippen molar-refractivity contribution in [3.63, 3.8) is 0 Å². The Hall–Kier alpha value is -1.79. The molecule has 116 valence electrons. The highest BCUT2D eigenvalue weighted by atomic mass is 35.5. The molecule has 0 spiro atoms. The van der Waals surface area contributed by atoms with Crippen LogP contribution in [0.5, 0.6) is 0 Å². The maximum absolute atomic E-state index is 12.5. The Bertz CT molecular complexity index is 508. The van der Waals surface area contributed by atoms with Crippen LogP contribution < -0.4 is 5.73 Å². The lowest BCUT2D eigenvalue weighted by atomic mass is 10.1. The van der Waals surface area contributed by atoms with Gasteiger partial charge in [0.2, 0.25) is 0 Å². The number of carbonyl (C=O) groups is 2. The molecule has 0 fully saturated rings. The lowest BCUT2D eigenvalue weighted by Crippen LogP contribution is -2.36. The Morgan fingerprint density at radius 1 is 1.29 bits per heavy atom. The molecule has 1 aromatic carbocycles. The summed E-state index contributed by atoms with van der Waals surface area (Å²) < 4.78 is 9.56. The summed E-state index contributed by atoms with van der Waals surface area (Å²) in [5.74, 6) is -0.680. The summed E-state index contributed by atoms with van der Waals surface area (Å²) in [6, 6.07) is 4.70. The first kappa shape index (κ1) is 17.3. The van der Waals surface area contributed by atoms with Crippen molar-refractivity contribution >= 4 is 29.2 Å². The summed E-state index contributed by atoms with van der Waals surface area (Å²) >= 11 is 5.89. The number of methoxy groups -OCH3 is 2. The Balaban J connectivity index is 2.87. The average Bonchev–Trinajstić information content (AvgIpc) is 2.48. The van der Waals surface area contributed by atoms with Crippen LogP contribution in [0.3, 0.4) is 0 Å². The minimum Gasteiger partial charge on any atom is -0.469 e. The highest BCUT2D eigenvalue weighted by Crippen LogP contribution is 2.19. The molecule has 1 aromatic rings. The van der Waals surface area contributed by atoms with Gasteiger partial charge < -0.3 is 20.1 Å². The summed E-state index contributed by atoms with van der Waals surface area (Å²) in [4.78, 5) is 25.2. The molecule has 6 nitrogen and oxygen atoms in total. The third-order valence-electron chi connectivity index (χ3n) is 2.91. The Kier molecular flexibility index (Phi) is 6.98. The standard InChI is InChI=1S/C14H19ClN2O4/c1-20-8-7-17(6-5-13(18)21-2)14(19)11-9-10(15)3-4-12(11)16/h3-4,9H,5-8,16H2,1-2H3. The fourth-order valence-corrected chi connectivity index (χ4v) is 1.90. The smallest absolute Gasteiger partial charge is 0.307 e. The van der Waals surface area contributed by atoms with Crippen LogP contribution in [-0.4, -0.2) is 50.7 Å². The SMILES string of the molecule is COCCN(CCC(=O)OC)C(=O)c1cc(Cl)ccc1N. The first-order valence-electron chi connectivity index (χ1n) is 6.39. The van der Waals surface area contributed by atoms with Crippen LogP contribution in [0.25, 0.3) is 0 Å². The van der Waals surface area contributed by atoms with Crippen molar-refractivity contribution in [2.45, 2.75) is 6.42 Å². The van der Waals surface area contributed by atoms with Crippen LogP contribution in [0.1, 0.15) is 16.8 Å². The molecule has 0 aliphatic rings. The molecular weight excluding hydrogens is 296 g/mol. The lowest BCUT2D eigenvalue weighted by Gasteiger charge is -2.22. The normalized spacial score (nSPS) is 10.2. The van der Waals surface area contributed by atoms with E-state index in [1.165, 1.54) is 25.2 Å². The average molecular weight is 315 g/mol. The van der Waals surface area contributed by atoms with Gasteiger partial charge in [-0.3, -0.25) is 9.59 Å². The number of hydrogen-bond acceptors (Lipinski definition) is 5. The van der Waals surface area contributed by atoms with Crippen molar-refractivity contribution in [3.05, 3.63) is 28.8 Å². The molecular formula is C14H19ClN2O4. The minimum absolute atomic E-state index is 0.104. The molecule has 0 aliphatic carbocycles. The van der Waals surface area contributed by atoms with Crippen molar-refractivity contribution in [2.75, 3.05) is 39.6 Å². The van der Waals surface area contributed by atoms with Crippen molar-refractivity contribution in [2.24, 2.45) is 0 Å². The Morgan fingerprint density at radius 2 is 2.00 bits per heavy atom. The van der Waals surface area contributed by atoms with Crippen LogP contribution in [0.4, 0.5) is 5.69 Å². The first-order valence-corrected chi connectivity index (χ1v) is 6.77. The van der Waals surface area contributed by atoms with E-state index in [0.29, 0.717) is 29.4 Å². The van der Waals surface area contributed by atoms with Crippen LogP contribution in [0.15, 0.2) is 18.2 Å². The van der Waals surface area contributed by atoms with Gasteiger partial charge in [0.15, 0.2) is 0 Å². The van der Waals surface area contributed by atoms with E-state index in [1.54, 1.807) is 12.1 Å². The van der Waals surface area contributed by atoms with E-state index >= 15 is 0 Å². The van der Waals surface area contributed by atoms with Gasteiger partial charge in [-0.1, -0.05) is 11.6 Å². The van der Waals surface area contributed by atoms with Crippen molar-refractivity contribution in [1.29, 1.82) is 0 Å². The monoisotopic (exact) mass is 314 g/mol. The zero-order valence-corrected chi connectivity index (χ0v) is 12.9. The number of rotatable bonds is 7. The summed E-state index contributed by atoms with van der Waals surface area (Å²) in [5.41, 5.74) is 6.46. The van der Waals surface area contributed by atoms with Crippen molar-refractivity contribution in [1.82, 2.24) is 4.90 Å². The fraction of sp³-hybridized carbons (Fsp3) is 0.429. The number of anilines is 1. The Morgan fingerprint density at radius 3 is 2.62 bits per heavy atom. The van der Waals surface area contributed by atoms with E-state index in [4.69, 9.17) is 22.1 Å². The second-order valence-corrected chi connectivity index (χ2v) is 4.78. The molecule has 0 atom stereocenters. The van der Waals surface area contributed by atoms with Gasteiger partial charge in [0.25, 0.3) is 5.91 Å². The number of halogens is 1. The van der Waals surface area contributed by atoms with Crippen LogP contribution in [0.2, 0.25) is 5.02 Å².